The first kappa shape index (κ1) is 12.9. The molecule has 74 valence electrons. The zero-order valence-corrected chi connectivity index (χ0v) is 9.78. The van der Waals surface area contributed by atoms with Gasteiger partial charge >= 0.3 is 0 Å². The van der Waals surface area contributed by atoms with Crippen molar-refractivity contribution in [3.63, 3.8) is 0 Å². The molecule has 0 aromatic heterocycles. The molecule has 0 spiro atoms. The quantitative estimate of drug-likeness (QED) is 0.395. The van der Waals surface area contributed by atoms with E-state index in [0.29, 0.717) is 23.9 Å². The van der Waals surface area contributed by atoms with Crippen molar-refractivity contribution in [3.8, 4) is 0 Å². The molecule has 0 amide bonds. The maximum absolute atomic E-state index is 11.1. The second-order valence-electron chi connectivity index (χ2n) is 2.17. The normalized spacial score (nSPS) is 11.8. The third-order valence-electron chi connectivity index (χ3n) is 1.07. The van der Waals surface area contributed by atoms with Gasteiger partial charge in [0, 0.05) is 17.5 Å². The highest BCUT2D eigenvalue weighted by molar-refractivity contribution is 8.72. The molecule has 0 N–H and O–H groups in total. The van der Waals surface area contributed by atoms with Crippen molar-refractivity contribution in [1.82, 2.24) is 0 Å². The third-order valence-corrected chi connectivity index (χ3v) is 5.28. The van der Waals surface area contributed by atoms with Crippen molar-refractivity contribution >= 4 is 42.9 Å². The highest BCUT2D eigenvalue weighted by Gasteiger charge is 2.09. The lowest BCUT2D eigenvalue weighted by atomic mass is 10.6. The Morgan fingerprint density at radius 1 is 1.08 bits per heavy atom. The molecule has 0 bridgehead atoms. The van der Waals surface area contributed by atoms with E-state index in [1.54, 1.807) is 0 Å². The molecule has 0 aromatic carbocycles. The molecular formula is C6H12Cl2O2S2. The summed E-state index contributed by atoms with van der Waals surface area (Å²) in [6.45, 7) is 0. The molecule has 2 nitrogen and oxygen atoms in total. The van der Waals surface area contributed by atoms with Crippen LogP contribution in [0.1, 0.15) is 12.8 Å². The molecule has 0 fully saturated rings. The van der Waals surface area contributed by atoms with Crippen LogP contribution in [0.15, 0.2) is 0 Å². The summed E-state index contributed by atoms with van der Waals surface area (Å²) >= 11 is 10.8. The summed E-state index contributed by atoms with van der Waals surface area (Å²) in [5, 5.41) is 0. The lowest BCUT2D eigenvalue weighted by Gasteiger charge is -2.00. The van der Waals surface area contributed by atoms with Gasteiger partial charge in [-0.1, -0.05) is 0 Å². The predicted octanol–water partition coefficient (Wildman–Crippen LogP) is 2.31. The SMILES string of the molecule is O=S(=O)(CCCCl)SCCCCl. The van der Waals surface area contributed by atoms with Crippen molar-refractivity contribution in [2.24, 2.45) is 0 Å². The zero-order valence-electron chi connectivity index (χ0n) is 6.63. The van der Waals surface area contributed by atoms with Crippen molar-refractivity contribution in [1.29, 1.82) is 0 Å². The molecule has 0 unspecified atom stereocenters. The van der Waals surface area contributed by atoms with Crippen LogP contribution in [0, 0.1) is 0 Å². The molecule has 0 heterocycles. The number of halogens is 2. The highest BCUT2D eigenvalue weighted by atomic mass is 35.5. The summed E-state index contributed by atoms with van der Waals surface area (Å²) in [6.07, 6.45) is 1.25. The largest absolute Gasteiger partial charge is 0.217 e. The van der Waals surface area contributed by atoms with Crippen LogP contribution in [0.5, 0.6) is 0 Å². The van der Waals surface area contributed by atoms with Crippen LogP contribution in [-0.2, 0) is 8.87 Å². The van der Waals surface area contributed by atoms with Gasteiger partial charge in [-0.25, -0.2) is 8.42 Å². The molecule has 0 aliphatic rings. The molecule has 6 heteroatoms. The Labute approximate surface area is 87.3 Å². The van der Waals surface area contributed by atoms with Gasteiger partial charge in [-0.3, -0.25) is 0 Å². The Hall–Kier alpha value is 0.880. The van der Waals surface area contributed by atoms with Gasteiger partial charge in [0.2, 0.25) is 8.87 Å². The Bertz CT molecular complexity index is 192. The highest BCUT2D eigenvalue weighted by Crippen LogP contribution is 2.15. The second kappa shape index (κ2) is 7.30. The summed E-state index contributed by atoms with van der Waals surface area (Å²) in [4.78, 5) is 0. The van der Waals surface area contributed by atoms with E-state index in [2.05, 4.69) is 0 Å². The van der Waals surface area contributed by atoms with Gasteiger partial charge in [-0.2, -0.15) is 0 Å². The molecule has 12 heavy (non-hydrogen) atoms. The first-order chi connectivity index (χ1) is 5.62. The monoisotopic (exact) mass is 250 g/mol. The van der Waals surface area contributed by atoms with Crippen molar-refractivity contribution in [3.05, 3.63) is 0 Å². The van der Waals surface area contributed by atoms with Crippen LogP contribution in [0.4, 0.5) is 0 Å². The summed E-state index contributed by atoms with van der Waals surface area (Å²) < 4.78 is 22.3. The summed E-state index contributed by atoms with van der Waals surface area (Å²) in [5.41, 5.74) is 0. The van der Waals surface area contributed by atoms with Crippen molar-refractivity contribution in [2.45, 2.75) is 12.8 Å². The molecule has 0 rings (SSSR count). The first-order valence-corrected chi connectivity index (χ1v) is 7.84. The standard InChI is InChI=1S/C6H12Cl2O2S2/c7-3-1-5-11-12(9,10)6-2-4-8/h1-6H2. The van der Waals surface area contributed by atoms with E-state index in [1.165, 1.54) is 0 Å². The maximum atomic E-state index is 11.1. The predicted molar refractivity (Wildman–Crippen MR) is 56.9 cm³/mol. The molecule has 0 atom stereocenters. The van der Waals surface area contributed by atoms with Crippen LogP contribution in [0.2, 0.25) is 0 Å². The average Bonchev–Trinajstić information content (AvgIpc) is 2.01. The van der Waals surface area contributed by atoms with Gasteiger partial charge in [-0.05, 0) is 23.6 Å². The van der Waals surface area contributed by atoms with Crippen LogP contribution in [-0.4, -0.2) is 31.7 Å². The lowest BCUT2D eigenvalue weighted by molar-refractivity contribution is 0.609. The molecule has 0 aliphatic carbocycles. The Morgan fingerprint density at radius 3 is 2.17 bits per heavy atom. The summed E-state index contributed by atoms with van der Waals surface area (Å²) in [7, 11) is -1.97. The lowest BCUT2D eigenvalue weighted by Crippen LogP contribution is -2.02. The van der Waals surface area contributed by atoms with Crippen LogP contribution in [0.3, 0.4) is 0 Å². The fourth-order valence-electron chi connectivity index (χ4n) is 0.531. The van der Waals surface area contributed by atoms with E-state index in [1.807, 2.05) is 0 Å². The van der Waals surface area contributed by atoms with Crippen LogP contribution in [0.25, 0.3) is 0 Å². The molecule has 0 radical (unpaired) electrons. The Morgan fingerprint density at radius 2 is 1.67 bits per heavy atom. The van der Waals surface area contributed by atoms with Gasteiger partial charge < -0.3 is 0 Å². The summed E-state index contributed by atoms with van der Waals surface area (Å²) in [6, 6.07) is 0. The minimum absolute atomic E-state index is 0.170. The maximum Gasteiger partial charge on any atom is 0.201 e. The van der Waals surface area contributed by atoms with E-state index in [9.17, 15) is 8.42 Å². The van der Waals surface area contributed by atoms with E-state index >= 15 is 0 Å². The van der Waals surface area contributed by atoms with Gasteiger partial charge in [0.15, 0.2) is 0 Å². The fourth-order valence-corrected chi connectivity index (χ4v) is 4.07. The van der Waals surface area contributed by atoms with Crippen LogP contribution < -0.4 is 0 Å². The van der Waals surface area contributed by atoms with Crippen LogP contribution >= 0.6 is 34.0 Å². The smallest absolute Gasteiger partial charge is 0.201 e. The van der Waals surface area contributed by atoms with Gasteiger partial charge in [0.25, 0.3) is 0 Å². The minimum atomic E-state index is -2.94. The molecule has 0 saturated heterocycles. The van der Waals surface area contributed by atoms with E-state index in [4.69, 9.17) is 23.2 Å². The first-order valence-electron chi connectivity index (χ1n) is 3.61. The number of hydrogen-bond acceptors (Lipinski definition) is 3. The van der Waals surface area contributed by atoms with Crippen molar-refractivity contribution in [2.75, 3.05) is 23.3 Å². The average molecular weight is 251 g/mol. The summed E-state index contributed by atoms with van der Waals surface area (Å²) in [5.74, 6) is 1.66. The van der Waals surface area contributed by atoms with E-state index < -0.39 is 8.87 Å². The molecule has 0 aromatic rings. The van der Waals surface area contributed by atoms with Gasteiger partial charge in [-0.15, -0.1) is 23.2 Å². The van der Waals surface area contributed by atoms with E-state index in [0.717, 1.165) is 17.2 Å². The number of hydrogen-bond donors (Lipinski definition) is 0. The topological polar surface area (TPSA) is 34.1 Å². The second-order valence-corrected chi connectivity index (χ2v) is 7.32. The van der Waals surface area contributed by atoms with E-state index in [-0.39, 0.29) is 5.75 Å². The van der Waals surface area contributed by atoms with Gasteiger partial charge in [0.05, 0.1) is 5.75 Å². The zero-order chi connectivity index (χ0) is 9.45. The minimum Gasteiger partial charge on any atom is -0.217 e. The Kier molecular flexibility index (Phi) is 7.83. The number of rotatable bonds is 7. The van der Waals surface area contributed by atoms with Gasteiger partial charge in [0.1, 0.15) is 0 Å². The third kappa shape index (κ3) is 7.53. The number of alkyl halides is 2. The van der Waals surface area contributed by atoms with Crippen molar-refractivity contribution < 1.29 is 8.42 Å². The Balaban J connectivity index is 3.58. The fraction of sp³-hybridized carbons (Fsp3) is 1.00. The molecular weight excluding hydrogens is 239 g/mol. The molecule has 0 aliphatic heterocycles. The molecule has 0 saturated carbocycles.